The molecule has 1 saturated heterocycles. The van der Waals surface area contributed by atoms with Crippen LogP contribution in [0.2, 0.25) is 0 Å². The zero-order valence-corrected chi connectivity index (χ0v) is 16.0. The van der Waals surface area contributed by atoms with Gasteiger partial charge in [-0.2, -0.15) is 0 Å². The first-order valence-corrected chi connectivity index (χ1v) is 9.68. The summed E-state index contributed by atoms with van der Waals surface area (Å²) >= 11 is 0. The number of amides is 2. The molecule has 1 aliphatic carbocycles. The van der Waals surface area contributed by atoms with Crippen molar-refractivity contribution < 1.29 is 9.59 Å². The van der Waals surface area contributed by atoms with Crippen molar-refractivity contribution in [1.82, 2.24) is 20.1 Å². The molecule has 1 aromatic carbocycles. The molecule has 6 nitrogen and oxygen atoms in total. The fourth-order valence-electron chi connectivity index (χ4n) is 3.57. The van der Waals surface area contributed by atoms with E-state index in [1.165, 1.54) is 0 Å². The van der Waals surface area contributed by atoms with Crippen LogP contribution in [0, 0.1) is 13.8 Å². The SMILES string of the molecule is Cc1ccc2cc(C(=O)N3CCN(CC(=O)NC4CC4)CC3)c(C)nc2c1. The average Bonchev–Trinajstić information content (AvgIpc) is 3.45. The summed E-state index contributed by atoms with van der Waals surface area (Å²) in [5.41, 5.74) is 3.53. The second-order valence-electron chi connectivity index (χ2n) is 7.73. The van der Waals surface area contributed by atoms with Gasteiger partial charge in [-0.3, -0.25) is 19.5 Å². The fraction of sp³-hybridized carbons (Fsp3) is 0.476. The van der Waals surface area contributed by atoms with Crippen molar-refractivity contribution in [3.05, 3.63) is 41.1 Å². The lowest BCUT2D eigenvalue weighted by atomic mass is 10.1. The van der Waals surface area contributed by atoms with Crippen LogP contribution in [-0.2, 0) is 4.79 Å². The highest BCUT2D eigenvalue weighted by molar-refractivity contribution is 5.98. The number of nitrogens with one attached hydrogen (secondary N) is 1. The predicted molar refractivity (Wildman–Crippen MR) is 105 cm³/mol. The molecule has 0 radical (unpaired) electrons. The molecule has 4 rings (SSSR count). The van der Waals surface area contributed by atoms with E-state index in [9.17, 15) is 9.59 Å². The van der Waals surface area contributed by atoms with Crippen LogP contribution < -0.4 is 5.32 Å². The Morgan fingerprint density at radius 1 is 1.11 bits per heavy atom. The van der Waals surface area contributed by atoms with Crippen LogP contribution in [0.3, 0.4) is 0 Å². The van der Waals surface area contributed by atoms with E-state index >= 15 is 0 Å². The number of nitrogens with zero attached hydrogens (tertiary/aromatic N) is 3. The molecule has 0 unspecified atom stereocenters. The number of pyridine rings is 1. The van der Waals surface area contributed by atoms with Crippen molar-refractivity contribution in [1.29, 1.82) is 0 Å². The molecule has 0 bridgehead atoms. The number of aryl methyl sites for hydroxylation is 2. The fourth-order valence-corrected chi connectivity index (χ4v) is 3.57. The number of fused-ring (bicyclic) bond motifs is 1. The van der Waals surface area contributed by atoms with Gasteiger partial charge in [0, 0.05) is 37.6 Å². The van der Waals surface area contributed by atoms with Gasteiger partial charge in [-0.25, -0.2) is 0 Å². The van der Waals surface area contributed by atoms with Gasteiger partial charge < -0.3 is 10.2 Å². The maximum atomic E-state index is 13.0. The van der Waals surface area contributed by atoms with Crippen molar-refractivity contribution in [2.45, 2.75) is 32.7 Å². The Morgan fingerprint density at radius 3 is 2.56 bits per heavy atom. The molecule has 2 heterocycles. The topological polar surface area (TPSA) is 65.5 Å². The molecule has 2 fully saturated rings. The summed E-state index contributed by atoms with van der Waals surface area (Å²) in [6.45, 7) is 7.09. The Hall–Kier alpha value is -2.47. The van der Waals surface area contributed by atoms with Gasteiger partial charge in [-0.05, 0) is 44.4 Å². The lowest BCUT2D eigenvalue weighted by Crippen LogP contribution is -2.51. The summed E-state index contributed by atoms with van der Waals surface area (Å²) in [6.07, 6.45) is 2.21. The van der Waals surface area contributed by atoms with Crippen LogP contribution >= 0.6 is 0 Å². The van der Waals surface area contributed by atoms with Crippen molar-refractivity contribution in [3.63, 3.8) is 0 Å². The highest BCUT2D eigenvalue weighted by Crippen LogP contribution is 2.20. The third-order valence-electron chi connectivity index (χ3n) is 5.36. The molecule has 1 aliphatic heterocycles. The zero-order valence-electron chi connectivity index (χ0n) is 16.0. The lowest BCUT2D eigenvalue weighted by molar-refractivity contribution is -0.122. The Labute approximate surface area is 159 Å². The van der Waals surface area contributed by atoms with Gasteiger partial charge in [0.1, 0.15) is 0 Å². The molecule has 27 heavy (non-hydrogen) atoms. The third kappa shape index (κ3) is 4.11. The van der Waals surface area contributed by atoms with Gasteiger partial charge in [0.2, 0.25) is 5.91 Å². The van der Waals surface area contributed by atoms with Crippen LogP contribution in [-0.4, -0.2) is 65.4 Å². The highest BCUT2D eigenvalue weighted by atomic mass is 16.2. The minimum absolute atomic E-state index is 0.0320. The Bertz CT molecular complexity index is 883. The van der Waals surface area contributed by atoms with Gasteiger partial charge in [-0.1, -0.05) is 12.1 Å². The summed E-state index contributed by atoms with van der Waals surface area (Å²) in [5.74, 6) is 0.131. The Kier molecular flexibility index (Phi) is 4.83. The van der Waals surface area contributed by atoms with Crippen molar-refractivity contribution in [2.24, 2.45) is 0 Å². The number of rotatable bonds is 4. The summed E-state index contributed by atoms with van der Waals surface area (Å²) in [7, 11) is 0. The smallest absolute Gasteiger partial charge is 0.255 e. The van der Waals surface area contributed by atoms with Gasteiger partial charge in [0.05, 0.1) is 23.3 Å². The maximum absolute atomic E-state index is 13.0. The summed E-state index contributed by atoms with van der Waals surface area (Å²) < 4.78 is 0. The molecular formula is C21H26N4O2. The van der Waals surface area contributed by atoms with E-state index in [4.69, 9.17) is 0 Å². The molecule has 1 saturated carbocycles. The summed E-state index contributed by atoms with van der Waals surface area (Å²) in [5, 5.41) is 4.01. The van der Waals surface area contributed by atoms with Crippen LogP contribution in [0.15, 0.2) is 24.3 Å². The molecular weight excluding hydrogens is 340 g/mol. The van der Waals surface area contributed by atoms with E-state index < -0.39 is 0 Å². The largest absolute Gasteiger partial charge is 0.352 e. The summed E-state index contributed by atoms with van der Waals surface area (Å²) in [6, 6.07) is 8.45. The molecule has 1 N–H and O–H groups in total. The van der Waals surface area contributed by atoms with E-state index in [0.29, 0.717) is 31.2 Å². The van der Waals surface area contributed by atoms with Crippen LogP contribution in [0.4, 0.5) is 0 Å². The molecule has 2 amide bonds. The average molecular weight is 366 g/mol. The number of carbonyl (C=O) groups excluding carboxylic acids is 2. The number of piperazine rings is 1. The minimum Gasteiger partial charge on any atom is -0.352 e. The molecule has 1 aromatic heterocycles. The monoisotopic (exact) mass is 366 g/mol. The van der Waals surface area contributed by atoms with Crippen molar-refractivity contribution >= 4 is 22.7 Å². The molecule has 142 valence electrons. The number of hydrogen-bond donors (Lipinski definition) is 1. The Balaban J connectivity index is 1.40. The minimum atomic E-state index is 0.0320. The second-order valence-corrected chi connectivity index (χ2v) is 7.73. The van der Waals surface area contributed by atoms with E-state index in [1.807, 2.05) is 43.0 Å². The van der Waals surface area contributed by atoms with Crippen molar-refractivity contribution in [3.8, 4) is 0 Å². The van der Waals surface area contributed by atoms with Crippen LogP contribution in [0.1, 0.15) is 34.5 Å². The molecule has 0 spiro atoms. The molecule has 0 atom stereocenters. The quantitative estimate of drug-likeness (QED) is 0.897. The molecule has 6 heteroatoms. The zero-order chi connectivity index (χ0) is 19.0. The first kappa shape index (κ1) is 17.9. The van der Waals surface area contributed by atoms with E-state index in [0.717, 1.165) is 48.1 Å². The standard InChI is InChI=1S/C21H26N4O2/c1-14-3-4-16-12-18(15(2)22-19(16)11-14)21(27)25-9-7-24(8-10-25)13-20(26)23-17-5-6-17/h3-4,11-12,17H,5-10,13H2,1-2H3,(H,23,26). The summed E-state index contributed by atoms with van der Waals surface area (Å²) in [4.78, 5) is 33.6. The third-order valence-corrected chi connectivity index (χ3v) is 5.36. The predicted octanol–water partition coefficient (Wildman–Crippen LogP) is 1.89. The van der Waals surface area contributed by atoms with Gasteiger partial charge in [0.25, 0.3) is 5.91 Å². The number of benzene rings is 1. The van der Waals surface area contributed by atoms with E-state index in [2.05, 4.69) is 15.2 Å². The first-order valence-electron chi connectivity index (χ1n) is 9.68. The highest BCUT2D eigenvalue weighted by Gasteiger charge is 2.27. The van der Waals surface area contributed by atoms with E-state index in [1.54, 1.807) is 0 Å². The van der Waals surface area contributed by atoms with Gasteiger partial charge in [-0.15, -0.1) is 0 Å². The van der Waals surface area contributed by atoms with Gasteiger partial charge >= 0.3 is 0 Å². The number of hydrogen-bond acceptors (Lipinski definition) is 4. The first-order chi connectivity index (χ1) is 13.0. The Morgan fingerprint density at radius 2 is 1.85 bits per heavy atom. The van der Waals surface area contributed by atoms with E-state index in [-0.39, 0.29) is 11.8 Å². The van der Waals surface area contributed by atoms with Crippen LogP contribution in [0.25, 0.3) is 10.9 Å². The normalized spacial score (nSPS) is 17.9. The van der Waals surface area contributed by atoms with Crippen LogP contribution in [0.5, 0.6) is 0 Å². The molecule has 2 aromatic rings. The second kappa shape index (κ2) is 7.27. The molecule has 2 aliphatic rings. The number of aromatic nitrogens is 1. The maximum Gasteiger partial charge on any atom is 0.255 e. The lowest BCUT2D eigenvalue weighted by Gasteiger charge is -2.34. The van der Waals surface area contributed by atoms with Gasteiger partial charge in [0.15, 0.2) is 0 Å². The van der Waals surface area contributed by atoms with Crippen molar-refractivity contribution in [2.75, 3.05) is 32.7 Å². The number of carbonyl (C=O) groups is 2.